The van der Waals surface area contributed by atoms with Gasteiger partial charge in [0.1, 0.15) is 0 Å². The first-order valence-electron chi connectivity index (χ1n) is 8.10. The minimum atomic E-state index is -0.336. The van der Waals surface area contributed by atoms with E-state index >= 15 is 0 Å². The molecule has 1 aromatic heterocycles. The molecule has 0 radical (unpaired) electrons. The van der Waals surface area contributed by atoms with Crippen molar-refractivity contribution in [2.45, 2.75) is 25.8 Å². The molecule has 134 valence electrons. The van der Waals surface area contributed by atoms with Crippen molar-refractivity contribution < 1.29 is 14.0 Å². The number of carbonyl (C=O) groups is 2. The SMILES string of the molecule is Cc1ccc(C(=O)NC2CCCNC2)cc1NC(=O)c1ccco1.Cl. The molecule has 1 saturated heterocycles. The molecule has 1 aliphatic heterocycles. The Morgan fingerprint density at radius 2 is 2.08 bits per heavy atom. The summed E-state index contributed by atoms with van der Waals surface area (Å²) in [4.78, 5) is 24.5. The largest absolute Gasteiger partial charge is 0.459 e. The minimum Gasteiger partial charge on any atom is -0.459 e. The van der Waals surface area contributed by atoms with E-state index in [1.54, 1.807) is 24.3 Å². The highest BCUT2D eigenvalue weighted by Gasteiger charge is 2.17. The lowest BCUT2D eigenvalue weighted by Crippen LogP contribution is -2.45. The van der Waals surface area contributed by atoms with Crippen LogP contribution in [-0.4, -0.2) is 30.9 Å². The summed E-state index contributed by atoms with van der Waals surface area (Å²) in [5, 5.41) is 9.09. The first-order valence-corrected chi connectivity index (χ1v) is 8.10. The quantitative estimate of drug-likeness (QED) is 0.780. The summed E-state index contributed by atoms with van der Waals surface area (Å²) < 4.78 is 5.09. The van der Waals surface area contributed by atoms with Crippen LogP contribution in [0.2, 0.25) is 0 Å². The second-order valence-electron chi connectivity index (χ2n) is 5.98. The Labute approximate surface area is 152 Å². The maximum atomic E-state index is 12.4. The van der Waals surface area contributed by atoms with Gasteiger partial charge in [-0.3, -0.25) is 9.59 Å². The van der Waals surface area contributed by atoms with Gasteiger partial charge in [-0.1, -0.05) is 6.07 Å². The molecule has 0 saturated carbocycles. The third-order valence-electron chi connectivity index (χ3n) is 4.13. The molecule has 2 amide bonds. The smallest absolute Gasteiger partial charge is 0.291 e. The molecule has 1 aliphatic rings. The second-order valence-corrected chi connectivity index (χ2v) is 5.98. The van der Waals surface area contributed by atoms with E-state index in [9.17, 15) is 9.59 Å². The first-order chi connectivity index (χ1) is 11.6. The van der Waals surface area contributed by atoms with Crippen LogP contribution in [0, 0.1) is 6.92 Å². The average Bonchev–Trinajstić information content (AvgIpc) is 3.12. The molecule has 7 heteroatoms. The van der Waals surface area contributed by atoms with Crippen molar-refractivity contribution in [2.24, 2.45) is 0 Å². The van der Waals surface area contributed by atoms with E-state index in [-0.39, 0.29) is 36.0 Å². The van der Waals surface area contributed by atoms with Crippen LogP contribution in [0.4, 0.5) is 5.69 Å². The number of hydrogen-bond acceptors (Lipinski definition) is 4. The maximum absolute atomic E-state index is 12.4. The average molecular weight is 364 g/mol. The summed E-state index contributed by atoms with van der Waals surface area (Å²) in [6.45, 7) is 3.67. The van der Waals surface area contributed by atoms with Crippen LogP contribution in [0.3, 0.4) is 0 Å². The van der Waals surface area contributed by atoms with Crippen molar-refractivity contribution in [1.82, 2.24) is 10.6 Å². The Morgan fingerprint density at radius 3 is 2.76 bits per heavy atom. The van der Waals surface area contributed by atoms with Crippen LogP contribution in [0.25, 0.3) is 0 Å². The van der Waals surface area contributed by atoms with Crippen molar-refractivity contribution in [1.29, 1.82) is 0 Å². The molecule has 1 aromatic carbocycles. The Hall–Kier alpha value is -2.31. The summed E-state index contributed by atoms with van der Waals surface area (Å²) in [5.74, 6) is -0.230. The van der Waals surface area contributed by atoms with Gasteiger partial charge in [0, 0.05) is 23.8 Å². The number of carbonyl (C=O) groups excluding carboxylic acids is 2. The fourth-order valence-electron chi connectivity index (χ4n) is 2.73. The van der Waals surface area contributed by atoms with Gasteiger partial charge in [0.15, 0.2) is 5.76 Å². The molecule has 3 N–H and O–H groups in total. The van der Waals surface area contributed by atoms with Gasteiger partial charge in [0.2, 0.25) is 0 Å². The molecule has 25 heavy (non-hydrogen) atoms. The molecule has 0 bridgehead atoms. The number of amides is 2. The predicted octanol–water partition coefficient (Wildman–Crippen LogP) is 2.74. The highest BCUT2D eigenvalue weighted by molar-refractivity contribution is 6.04. The third-order valence-corrected chi connectivity index (χ3v) is 4.13. The van der Waals surface area contributed by atoms with Gasteiger partial charge < -0.3 is 20.4 Å². The van der Waals surface area contributed by atoms with Gasteiger partial charge in [0.05, 0.1) is 6.26 Å². The summed E-state index contributed by atoms with van der Waals surface area (Å²) in [6, 6.07) is 8.69. The zero-order chi connectivity index (χ0) is 16.9. The highest BCUT2D eigenvalue weighted by atomic mass is 35.5. The van der Waals surface area contributed by atoms with Crippen molar-refractivity contribution in [2.75, 3.05) is 18.4 Å². The van der Waals surface area contributed by atoms with Crippen LogP contribution < -0.4 is 16.0 Å². The number of piperidine rings is 1. The van der Waals surface area contributed by atoms with E-state index in [1.165, 1.54) is 6.26 Å². The number of aryl methyl sites for hydroxylation is 1. The van der Waals surface area contributed by atoms with Gasteiger partial charge in [-0.15, -0.1) is 12.4 Å². The van der Waals surface area contributed by atoms with Gasteiger partial charge in [-0.2, -0.15) is 0 Å². The lowest BCUT2D eigenvalue weighted by Gasteiger charge is -2.24. The van der Waals surface area contributed by atoms with Crippen molar-refractivity contribution >= 4 is 29.9 Å². The molecule has 6 nitrogen and oxygen atoms in total. The fraction of sp³-hybridized carbons (Fsp3) is 0.333. The summed E-state index contributed by atoms with van der Waals surface area (Å²) in [5.41, 5.74) is 2.01. The zero-order valence-corrected chi connectivity index (χ0v) is 14.8. The first kappa shape index (κ1) is 19.0. The Kier molecular flexibility index (Phi) is 6.61. The van der Waals surface area contributed by atoms with Crippen molar-refractivity contribution in [3.8, 4) is 0 Å². The van der Waals surface area contributed by atoms with Gasteiger partial charge in [-0.25, -0.2) is 0 Å². The number of nitrogens with one attached hydrogen (secondary N) is 3. The predicted molar refractivity (Wildman–Crippen MR) is 98.4 cm³/mol. The molecular weight excluding hydrogens is 342 g/mol. The number of benzene rings is 1. The molecule has 0 aliphatic carbocycles. The number of furan rings is 1. The zero-order valence-electron chi connectivity index (χ0n) is 14.0. The fourth-order valence-corrected chi connectivity index (χ4v) is 2.73. The normalized spacial score (nSPS) is 16.6. The van der Waals surface area contributed by atoms with Crippen LogP contribution >= 0.6 is 12.4 Å². The topological polar surface area (TPSA) is 83.4 Å². The molecular formula is C18H22ClN3O3. The monoisotopic (exact) mass is 363 g/mol. The van der Waals surface area contributed by atoms with E-state index in [1.807, 2.05) is 13.0 Å². The van der Waals surface area contributed by atoms with Crippen LogP contribution in [-0.2, 0) is 0 Å². The molecule has 1 atom stereocenters. The number of anilines is 1. The Bertz CT molecular complexity index is 725. The van der Waals surface area contributed by atoms with Crippen LogP contribution in [0.1, 0.15) is 39.3 Å². The number of rotatable bonds is 4. The molecule has 1 unspecified atom stereocenters. The lowest BCUT2D eigenvalue weighted by atomic mass is 10.1. The Morgan fingerprint density at radius 1 is 1.24 bits per heavy atom. The van der Waals surface area contributed by atoms with Crippen LogP contribution in [0.15, 0.2) is 41.0 Å². The van der Waals surface area contributed by atoms with E-state index in [2.05, 4.69) is 16.0 Å². The molecule has 0 spiro atoms. The van der Waals surface area contributed by atoms with Crippen molar-refractivity contribution in [3.63, 3.8) is 0 Å². The third kappa shape index (κ3) is 4.84. The minimum absolute atomic E-state index is 0. The van der Waals surface area contributed by atoms with Gasteiger partial charge in [-0.05, 0) is 56.1 Å². The molecule has 3 rings (SSSR count). The number of hydrogen-bond donors (Lipinski definition) is 3. The lowest BCUT2D eigenvalue weighted by molar-refractivity contribution is 0.0929. The van der Waals surface area contributed by atoms with Crippen molar-refractivity contribution in [3.05, 3.63) is 53.5 Å². The summed E-state index contributed by atoms with van der Waals surface area (Å²) in [7, 11) is 0. The van der Waals surface area contributed by atoms with E-state index in [4.69, 9.17) is 4.42 Å². The number of halogens is 1. The summed E-state index contributed by atoms with van der Waals surface area (Å²) in [6.07, 6.45) is 3.49. The Balaban J connectivity index is 0.00000225. The summed E-state index contributed by atoms with van der Waals surface area (Å²) >= 11 is 0. The molecule has 2 aromatic rings. The molecule has 2 heterocycles. The van der Waals surface area contributed by atoms with E-state index in [0.717, 1.165) is 31.5 Å². The molecule has 1 fully saturated rings. The van der Waals surface area contributed by atoms with Crippen LogP contribution in [0.5, 0.6) is 0 Å². The highest BCUT2D eigenvalue weighted by Crippen LogP contribution is 2.18. The standard InChI is InChI=1S/C18H21N3O3.ClH/c1-12-6-7-13(17(22)20-14-4-2-8-19-11-14)10-15(12)21-18(23)16-5-3-9-24-16;/h3,5-7,9-10,14,19H,2,4,8,11H2,1H3,(H,20,22)(H,21,23);1H. The second kappa shape index (κ2) is 8.69. The van der Waals surface area contributed by atoms with Gasteiger partial charge in [0.25, 0.3) is 11.8 Å². The van der Waals surface area contributed by atoms with Gasteiger partial charge >= 0.3 is 0 Å². The maximum Gasteiger partial charge on any atom is 0.291 e. The van der Waals surface area contributed by atoms with E-state index in [0.29, 0.717) is 11.3 Å². The van der Waals surface area contributed by atoms with E-state index < -0.39 is 0 Å².